The molecule has 22 heavy (non-hydrogen) atoms. The number of amidine groups is 1. The average Bonchev–Trinajstić information content (AvgIpc) is 2.84. The number of amides is 1. The molecule has 0 saturated carbocycles. The van der Waals surface area contributed by atoms with E-state index in [0.717, 1.165) is 22.3 Å². The second-order valence-corrected chi connectivity index (χ2v) is 5.75. The van der Waals surface area contributed by atoms with Crippen LogP contribution in [0.2, 0.25) is 5.02 Å². The molecule has 0 aromatic heterocycles. The van der Waals surface area contributed by atoms with Crippen LogP contribution in [0, 0.1) is 13.8 Å². The Kier molecular flexibility index (Phi) is 3.82. The molecule has 1 amide bonds. The number of nitrogens with zero attached hydrogens (tertiary/aromatic N) is 1. The standard InChI is InChI=1S/C18H15ClN2O/c1-11-6-7-12(2)14(8-11)10-16-18(22)21-17(20-16)13-4-3-5-15(19)9-13/h3-10H,1-2H3,(H,20,21,22)/b16-10+. The lowest BCUT2D eigenvalue weighted by molar-refractivity contribution is -0.115. The number of halogens is 1. The van der Waals surface area contributed by atoms with Gasteiger partial charge in [0.2, 0.25) is 0 Å². The molecule has 0 spiro atoms. The summed E-state index contributed by atoms with van der Waals surface area (Å²) in [7, 11) is 0. The Morgan fingerprint density at radius 1 is 1.14 bits per heavy atom. The smallest absolute Gasteiger partial charge is 0.275 e. The summed E-state index contributed by atoms with van der Waals surface area (Å²) in [5.74, 6) is 0.333. The van der Waals surface area contributed by atoms with Gasteiger partial charge in [0.25, 0.3) is 5.91 Å². The lowest BCUT2D eigenvalue weighted by atomic mass is 10.0. The zero-order valence-electron chi connectivity index (χ0n) is 12.4. The molecular formula is C18H15ClN2O. The van der Waals surface area contributed by atoms with E-state index in [1.165, 1.54) is 0 Å². The van der Waals surface area contributed by atoms with Crippen molar-refractivity contribution in [3.05, 3.63) is 75.4 Å². The molecule has 2 aromatic carbocycles. The third kappa shape index (κ3) is 2.95. The molecule has 0 aliphatic carbocycles. The molecule has 1 heterocycles. The summed E-state index contributed by atoms with van der Waals surface area (Å²) in [5, 5.41) is 3.40. The zero-order valence-corrected chi connectivity index (χ0v) is 13.1. The van der Waals surface area contributed by atoms with Crippen molar-refractivity contribution in [2.75, 3.05) is 0 Å². The van der Waals surface area contributed by atoms with Gasteiger partial charge in [0.1, 0.15) is 11.5 Å². The van der Waals surface area contributed by atoms with Gasteiger partial charge in [-0.1, -0.05) is 47.5 Å². The van der Waals surface area contributed by atoms with Gasteiger partial charge in [-0.3, -0.25) is 4.79 Å². The number of hydrogen-bond acceptors (Lipinski definition) is 2. The van der Waals surface area contributed by atoms with Gasteiger partial charge in [0, 0.05) is 10.6 Å². The van der Waals surface area contributed by atoms with Crippen LogP contribution in [0.3, 0.4) is 0 Å². The first-order chi connectivity index (χ1) is 10.5. The lowest BCUT2D eigenvalue weighted by Gasteiger charge is -2.02. The fourth-order valence-electron chi connectivity index (χ4n) is 2.30. The van der Waals surface area contributed by atoms with Crippen molar-refractivity contribution in [2.24, 2.45) is 4.99 Å². The third-order valence-corrected chi connectivity index (χ3v) is 3.76. The van der Waals surface area contributed by atoms with E-state index in [4.69, 9.17) is 11.6 Å². The Morgan fingerprint density at radius 2 is 1.95 bits per heavy atom. The average molecular weight is 311 g/mol. The highest BCUT2D eigenvalue weighted by Crippen LogP contribution is 2.19. The van der Waals surface area contributed by atoms with Gasteiger partial charge in [-0.2, -0.15) is 0 Å². The number of benzene rings is 2. The summed E-state index contributed by atoms with van der Waals surface area (Å²) in [6.45, 7) is 4.04. The Balaban J connectivity index is 1.99. The van der Waals surface area contributed by atoms with Crippen molar-refractivity contribution < 1.29 is 4.79 Å². The Bertz CT molecular complexity index is 822. The molecule has 3 rings (SSSR count). The molecule has 0 fully saturated rings. The first kappa shape index (κ1) is 14.5. The van der Waals surface area contributed by atoms with Crippen LogP contribution in [-0.4, -0.2) is 11.7 Å². The number of nitrogens with one attached hydrogen (secondary N) is 1. The maximum absolute atomic E-state index is 12.1. The maximum atomic E-state index is 12.1. The van der Waals surface area contributed by atoms with Crippen LogP contribution in [0.1, 0.15) is 22.3 Å². The number of rotatable bonds is 2. The molecule has 0 atom stereocenters. The summed E-state index contributed by atoms with van der Waals surface area (Å²) in [4.78, 5) is 16.5. The van der Waals surface area contributed by atoms with Crippen molar-refractivity contribution in [3.8, 4) is 0 Å². The number of hydrogen-bond donors (Lipinski definition) is 1. The van der Waals surface area contributed by atoms with Gasteiger partial charge in [-0.15, -0.1) is 0 Å². The number of carbonyl (C=O) groups excluding carboxylic acids is 1. The topological polar surface area (TPSA) is 41.5 Å². The van der Waals surface area contributed by atoms with Crippen LogP contribution in [0.4, 0.5) is 0 Å². The summed E-state index contributed by atoms with van der Waals surface area (Å²) in [6.07, 6.45) is 1.81. The Hall–Kier alpha value is -2.39. The molecule has 110 valence electrons. The predicted molar refractivity (Wildman–Crippen MR) is 90.0 cm³/mol. The van der Waals surface area contributed by atoms with Crippen LogP contribution in [0.25, 0.3) is 6.08 Å². The van der Waals surface area contributed by atoms with E-state index in [9.17, 15) is 4.79 Å². The van der Waals surface area contributed by atoms with E-state index in [2.05, 4.69) is 10.3 Å². The van der Waals surface area contributed by atoms with E-state index >= 15 is 0 Å². The minimum Gasteiger partial charge on any atom is -0.305 e. The fourth-order valence-corrected chi connectivity index (χ4v) is 2.49. The number of carbonyl (C=O) groups is 1. The molecule has 3 nitrogen and oxygen atoms in total. The second kappa shape index (κ2) is 5.78. The molecule has 0 unspecified atom stereocenters. The van der Waals surface area contributed by atoms with Gasteiger partial charge in [0.05, 0.1) is 0 Å². The molecule has 0 radical (unpaired) electrons. The molecule has 1 N–H and O–H groups in total. The highest BCUT2D eigenvalue weighted by Gasteiger charge is 2.21. The van der Waals surface area contributed by atoms with Crippen LogP contribution in [0.15, 0.2) is 53.2 Å². The summed E-state index contributed by atoms with van der Waals surface area (Å²) < 4.78 is 0. The molecular weight excluding hydrogens is 296 g/mol. The first-order valence-corrected chi connectivity index (χ1v) is 7.36. The van der Waals surface area contributed by atoms with Crippen molar-refractivity contribution in [2.45, 2.75) is 13.8 Å². The predicted octanol–water partition coefficient (Wildman–Crippen LogP) is 3.87. The largest absolute Gasteiger partial charge is 0.305 e. The van der Waals surface area contributed by atoms with Gasteiger partial charge >= 0.3 is 0 Å². The zero-order chi connectivity index (χ0) is 15.7. The third-order valence-electron chi connectivity index (χ3n) is 3.52. The van der Waals surface area contributed by atoms with E-state index in [-0.39, 0.29) is 5.91 Å². The number of aryl methyl sites for hydroxylation is 2. The van der Waals surface area contributed by atoms with Crippen LogP contribution in [0.5, 0.6) is 0 Å². The van der Waals surface area contributed by atoms with Gasteiger partial charge < -0.3 is 5.32 Å². The first-order valence-electron chi connectivity index (χ1n) is 6.98. The highest BCUT2D eigenvalue weighted by atomic mass is 35.5. The monoisotopic (exact) mass is 310 g/mol. The molecule has 2 aromatic rings. The Labute approximate surface area is 134 Å². The van der Waals surface area contributed by atoms with E-state index in [1.807, 2.05) is 50.3 Å². The summed E-state index contributed by atoms with van der Waals surface area (Å²) in [5.41, 5.74) is 4.46. The normalized spacial score (nSPS) is 15.9. The van der Waals surface area contributed by atoms with E-state index in [1.54, 1.807) is 12.1 Å². The fraction of sp³-hybridized carbons (Fsp3) is 0.111. The molecule has 1 aliphatic heterocycles. The molecule has 4 heteroatoms. The van der Waals surface area contributed by atoms with Crippen LogP contribution in [-0.2, 0) is 4.79 Å². The SMILES string of the molecule is Cc1ccc(C)c(/C=C2/N=C(c3cccc(Cl)c3)NC2=O)c1. The Morgan fingerprint density at radius 3 is 2.73 bits per heavy atom. The molecule has 0 bridgehead atoms. The van der Waals surface area contributed by atoms with Crippen LogP contribution < -0.4 is 5.32 Å². The van der Waals surface area contributed by atoms with Crippen molar-refractivity contribution >= 4 is 29.4 Å². The quantitative estimate of drug-likeness (QED) is 0.840. The van der Waals surface area contributed by atoms with Crippen molar-refractivity contribution in [1.82, 2.24) is 5.32 Å². The van der Waals surface area contributed by atoms with Crippen molar-refractivity contribution in [1.29, 1.82) is 0 Å². The van der Waals surface area contributed by atoms with Gasteiger partial charge in [0.15, 0.2) is 0 Å². The molecule has 1 aliphatic rings. The van der Waals surface area contributed by atoms with Crippen molar-refractivity contribution in [3.63, 3.8) is 0 Å². The number of aliphatic imine (C=N–C) groups is 1. The maximum Gasteiger partial charge on any atom is 0.275 e. The summed E-state index contributed by atoms with van der Waals surface area (Å²) >= 11 is 5.98. The van der Waals surface area contributed by atoms with Gasteiger partial charge in [-0.05, 0) is 43.2 Å². The van der Waals surface area contributed by atoms with E-state index < -0.39 is 0 Å². The van der Waals surface area contributed by atoms with E-state index in [0.29, 0.717) is 16.6 Å². The minimum atomic E-state index is -0.198. The summed E-state index contributed by atoms with van der Waals surface area (Å²) in [6, 6.07) is 13.4. The molecule has 0 saturated heterocycles. The minimum absolute atomic E-state index is 0.198. The van der Waals surface area contributed by atoms with Crippen LogP contribution >= 0.6 is 11.6 Å². The lowest BCUT2D eigenvalue weighted by Crippen LogP contribution is -2.24. The highest BCUT2D eigenvalue weighted by molar-refractivity contribution is 6.31. The van der Waals surface area contributed by atoms with Gasteiger partial charge in [-0.25, -0.2) is 4.99 Å². The second-order valence-electron chi connectivity index (χ2n) is 5.31.